The lowest BCUT2D eigenvalue weighted by Crippen LogP contribution is -2.37. The predicted octanol–water partition coefficient (Wildman–Crippen LogP) is 4.37. The van der Waals surface area contributed by atoms with Gasteiger partial charge in [-0.3, -0.25) is 9.78 Å². The fourth-order valence-electron chi connectivity index (χ4n) is 4.34. The minimum absolute atomic E-state index is 0.343. The molecule has 0 atom stereocenters. The summed E-state index contributed by atoms with van der Waals surface area (Å²) in [6, 6.07) is 30.6. The Morgan fingerprint density at radius 2 is 1.16 bits per heavy atom. The van der Waals surface area contributed by atoms with E-state index in [2.05, 4.69) is 46.4 Å². The molecule has 0 aliphatic heterocycles. The van der Waals surface area contributed by atoms with E-state index in [0.717, 1.165) is 16.7 Å². The average Bonchev–Trinajstić information content (AvgIpc) is 3.22. The summed E-state index contributed by atoms with van der Waals surface area (Å²) in [5.74, 6) is -0.535. The van der Waals surface area contributed by atoms with Gasteiger partial charge < -0.3 is 10.3 Å². The van der Waals surface area contributed by atoms with Crippen molar-refractivity contribution >= 4 is 17.1 Å². The Morgan fingerprint density at radius 3 is 1.61 bits per heavy atom. The molecule has 0 bridgehead atoms. The summed E-state index contributed by atoms with van der Waals surface area (Å²) in [5.41, 5.74) is 9.47. The summed E-state index contributed by atoms with van der Waals surface area (Å²) in [7, 11) is 0. The standard InChI is InChI=1S/C26H20N4O/c27-24(31)22-18-30(25-23(22)28-16-17-29-25)26(19-10-4-1-5-11-19,20-12-6-2-7-13-20)21-14-8-3-9-15-21/h1-18H,(H2,27,31). The predicted molar refractivity (Wildman–Crippen MR) is 121 cm³/mol. The number of carbonyl (C=O) groups excluding carboxylic acids is 1. The Labute approximate surface area is 179 Å². The van der Waals surface area contributed by atoms with Crippen molar-refractivity contribution in [3.05, 3.63) is 132 Å². The van der Waals surface area contributed by atoms with Crippen molar-refractivity contribution in [1.82, 2.24) is 14.5 Å². The van der Waals surface area contributed by atoms with Gasteiger partial charge in [-0.1, -0.05) is 91.0 Å². The smallest absolute Gasteiger partial charge is 0.252 e. The third-order valence-corrected chi connectivity index (χ3v) is 5.62. The van der Waals surface area contributed by atoms with Gasteiger partial charge in [0.05, 0.1) is 5.56 Å². The maximum Gasteiger partial charge on any atom is 0.252 e. The number of benzene rings is 3. The van der Waals surface area contributed by atoms with Gasteiger partial charge >= 0.3 is 0 Å². The Morgan fingerprint density at radius 1 is 0.710 bits per heavy atom. The normalized spacial score (nSPS) is 11.5. The van der Waals surface area contributed by atoms with Gasteiger partial charge in [-0.2, -0.15) is 0 Å². The van der Waals surface area contributed by atoms with E-state index in [-0.39, 0.29) is 0 Å². The molecular weight excluding hydrogens is 384 g/mol. The zero-order chi connectivity index (χ0) is 21.3. The zero-order valence-electron chi connectivity index (χ0n) is 16.7. The van der Waals surface area contributed by atoms with E-state index in [0.29, 0.717) is 16.7 Å². The molecule has 150 valence electrons. The largest absolute Gasteiger partial charge is 0.365 e. The number of nitrogens with two attached hydrogens (primary N) is 1. The molecule has 3 aromatic carbocycles. The zero-order valence-corrected chi connectivity index (χ0v) is 16.7. The Balaban J connectivity index is 2.00. The molecule has 5 heteroatoms. The number of hydrogen-bond donors (Lipinski definition) is 1. The van der Waals surface area contributed by atoms with Crippen molar-refractivity contribution in [2.45, 2.75) is 5.54 Å². The second-order valence-corrected chi connectivity index (χ2v) is 7.31. The lowest BCUT2D eigenvalue weighted by molar-refractivity contribution is 0.100. The maximum atomic E-state index is 12.3. The van der Waals surface area contributed by atoms with E-state index in [4.69, 9.17) is 5.73 Å². The first-order valence-electron chi connectivity index (χ1n) is 10.0. The highest BCUT2D eigenvalue weighted by atomic mass is 16.1. The first-order chi connectivity index (χ1) is 15.2. The van der Waals surface area contributed by atoms with Crippen LogP contribution in [0.2, 0.25) is 0 Å². The molecular formula is C26H20N4O. The number of aromatic nitrogens is 3. The van der Waals surface area contributed by atoms with Gasteiger partial charge in [0.2, 0.25) is 0 Å². The third-order valence-electron chi connectivity index (χ3n) is 5.62. The molecule has 2 N–H and O–H groups in total. The summed E-state index contributed by atoms with van der Waals surface area (Å²) in [6.45, 7) is 0. The van der Waals surface area contributed by atoms with Crippen LogP contribution in [0.5, 0.6) is 0 Å². The Kier molecular flexibility index (Phi) is 4.56. The molecule has 1 amide bonds. The van der Waals surface area contributed by atoms with Crippen molar-refractivity contribution in [3.63, 3.8) is 0 Å². The fourth-order valence-corrected chi connectivity index (χ4v) is 4.34. The molecule has 2 heterocycles. The van der Waals surface area contributed by atoms with Gasteiger partial charge in [-0.25, -0.2) is 4.98 Å². The van der Waals surface area contributed by atoms with E-state index in [1.165, 1.54) is 0 Å². The van der Waals surface area contributed by atoms with E-state index in [1.807, 2.05) is 59.2 Å². The third kappa shape index (κ3) is 2.90. The lowest BCUT2D eigenvalue weighted by atomic mass is 9.76. The highest BCUT2D eigenvalue weighted by molar-refractivity contribution is 6.04. The van der Waals surface area contributed by atoms with Gasteiger partial charge in [-0.15, -0.1) is 0 Å². The molecule has 0 saturated heterocycles. The minimum atomic E-state index is -0.786. The van der Waals surface area contributed by atoms with Crippen molar-refractivity contribution in [3.8, 4) is 0 Å². The minimum Gasteiger partial charge on any atom is -0.365 e. The first kappa shape index (κ1) is 18.8. The topological polar surface area (TPSA) is 73.8 Å². The molecule has 5 rings (SSSR count). The molecule has 0 radical (unpaired) electrons. The number of rotatable bonds is 5. The highest BCUT2D eigenvalue weighted by Crippen LogP contribution is 2.42. The fraction of sp³-hybridized carbons (Fsp3) is 0.0385. The van der Waals surface area contributed by atoms with Crippen LogP contribution in [-0.4, -0.2) is 20.4 Å². The second kappa shape index (κ2) is 7.54. The summed E-state index contributed by atoms with van der Waals surface area (Å²) in [4.78, 5) is 21.4. The van der Waals surface area contributed by atoms with Crippen LogP contribution in [0.15, 0.2) is 110 Å². The number of fused-ring (bicyclic) bond motifs is 1. The van der Waals surface area contributed by atoms with Gasteiger partial charge in [0.1, 0.15) is 11.1 Å². The van der Waals surface area contributed by atoms with Crippen molar-refractivity contribution in [2.24, 2.45) is 5.73 Å². The monoisotopic (exact) mass is 404 g/mol. The number of primary amides is 1. The molecule has 0 saturated carbocycles. The Bertz CT molecular complexity index is 1250. The number of carbonyl (C=O) groups is 1. The molecule has 0 spiro atoms. The maximum absolute atomic E-state index is 12.3. The number of nitrogens with zero attached hydrogens (tertiary/aromatic N) is 3. The van der Waals surface area contributed by atoms with Gasteiger partial charge in [0.25, 0.3) is 5.91 Å². The summed E-state index contributed by atoms with van der Waals surface area (Å²) >= 11 is 0. The van der Waals surface area contributed by atoms with Crippen LogP contribution in [0.25, 0.3) is 11.2 Å². The molecule has 0 unspecified atom stereocenters. The van der Waals surface area contributed by atoms with Crippen LogP contribution in [-0.2, 0) is 5.54 Å². The van der Waals surface area contributed by atoms with Crippen LogP contribution in [0, 0.1) is 0 Å². The van der Waals surface area contributed by atoms with E-state index < -0.39 is 11.4 Å². The molecule has 0 aliphatic carbocycles. The van der Waals surface area contributed by atoms with Crippen molar-refractivity contribution < 1.29 is 4.79 Å². The molecule has 5 nitrogen and oxygen atoms in total. The van der Waals surface area contributed by atoms with E-state index in [1.54, 1.807) is 18.6 Å². The first-order valence-corrected chi connectivity index (χ1v) is 10.0. The SMILES string of the molecule is NC(=O)c1cn(C(c2ccccc2)(c2ccccc2)c2ccccc2)c2nccnc12. The second-order valence-electron chi connectivity index (χ2n) is 7.31. The number of hydrogen-bond acceptors (Lipinski definition) is 3. The summed E-state index contributed by atoms with van der Waals surface area (Å²) in [6.07, 6.45) is 4.99. The van der Waals surface area contributed by atoms with Crippen LogP contribution < -0.4 is 5.73 Å². The van der Waals surface area contributed by atoms with Gasteiger partial charge in [0.15, 0.2) is 5.65 Å². The van der Waals surface area contributed by atoms with Crippen molar-refractivity contribution in [2.75, 3.05) is 0 Å². The number of amides is 1. The van der Waals surface area contributed by atoms with Gasteiger partial charge in [-0.05, 0) is 16.7 Å². The molecule has 0 aliphatic rings. The average molecular weight is 404 g/mol. The summed E-state index contributed by atoms with van der Waals surface area (Å²) in [5, 5.41) is 0. The van der Waals surface area contributed by atoms with E-state index in [9.17, 15) is 4.79 Å². The molecule has 0 fully saturated rings. The Hall–Kier alpha value is -4.25. The van der Waals surface area contributed by atoms with Crippen LogP contribution in [0.3, 0.4) is 0 Å². The molecule has 2 aromatic heterocycles. The lowest BCUT2D eigenvalue weighted by Gasteiger charge is -2.38. The molecule has 5 aromatic rings. The quantitative estimate of drug-likeness (QED) is 0.442. The van der Waals surface area contributed by atoms with Crippen LogP contribution >= 0.6 is 0 Å². The van der Waals surface area contributed by atoms with Crippen molar-refractivity contribution in [1.29, 1.82) is 0 Å². The summed E-state index contributed by atoms with van der Waals surface area (Å²) < 4.78 is 2.02. The highest BCUT2D eigenvalue weighted by Gasteiger charge is 2.40. The van der Waals surface area contributed by atoms with Crippen LogP contribution in [0.1, 0.15) is 27.0 Å². The van der Waals surface area contributed by atoms with E-state index >= 15 is 0 Å². The van der Waals surface area contributed by atoms with Gasteiger partial charge in [0, 0.05) is 18.6 Å². The molecule has 31 heavy (non-hydrogen) atoms. The van der Waals surface area contributed by atoms with Crippen LogP contribution in [0.4, 0.5) is 0 Å².